The topological polar surface area (TPSA) is 87.5 Å². The Labute approximate surface area is 185 Å². The van der Waals surface area contributed by atoms with Gasteiger partial charge in [-0.15, -0.1) is 0 Å². The van der Waals surface area contributed by atoms with Crippen LogP contribution in [0.1, 0.15) is 42.7 Å². The number of nitrogens with two attached hydrogens (primary N) is 1. The minimum Gasteiger partial charge on any atom is -0.357 e. The van der Waals surface area contributed by atoms with Crippen LogP contribution in [0.4, 0.5) is 0 Å². The predicted octanol–water partition coefficient (Wildman–Crippen LogP) is 2.25. The SMILES string of the molecule is NCCCCC1NC(CNC=O)CCN(CC(c2ccccc2)c2ccccc2)C1=O. The third kappa shape index (κ3) is 6.64. The van der Waals surface area contributed by atoms with E-state index in [4.69, 9.17) is 5.73 Å². The third-order valence-electron chi connectivity index (χ3n) is 6.00. The third-order valence-corrected chi connectivity index (χ3v) is 6.00. The van der Waals surface area contributed by atoms with E-state index in [1.165, 1.54) is 11.1 Å². The number of hydrogen-bond donors (Lipinski definition) is 3. The Morgan fingerprint density at radius 2 is 1.71 bits per heavy atom. The van der Waals surface area contributed by atoms with E-state index >= 15 is 0 Å². The molecule has 0 bridgehead atoms. The van der Waals surface area contributed by atoms with Crippen molar-refractivity contribution in [2.75, 3.05) is 26.2 Å². The molecule has 1 aliphatic rings. The van der Waals surface area contributed by atoms with Gasteiger partial charge in [0.25, 0.3) is 0 Å². The van der Waals surface area contributed by atoms with E-state index < -0.39 is 0 Å². The van der Waals surface area contributed by atoms with Crippen molar-refractivity contribution in [1.29, 1.82) is 0 Å². The first-order valence-corrected chi connectivity index (χ1v) is 11.2. The van der Waals surface area contributed by atoms with E-state index in [1.54, 1.807) is 0 Å². The Bertz CT molecular complexity index is 760. The first-order valence-electron chi connectivity index (χ1n) is 11.2. The molecule has 6 heteroatoms. The molecule has 1 saturated heterocycles. The number of carbonyl (C=O) groups is 2. The van der Waals surface area contributed by atoms with E-state index in [2.05, 4.69) is 34.9 Å². The minimum absolute atomic E-state index is 0.0777. The first-order chi connectivity index (χ1) is 15.2. The molecule has 0 aromatic heterocycles. The number of carbonyl (C=O) groups excluding carboxylic acids is 2. The summed E-state index contributed by atoms with van der Waals surface area (Å²) in [5.74, 6) is 0.253. The van der Waals surface area contributed by atoms with Crippen LogP contribution < -0.4 is 16.4 Å². The van der Waals surface area contributed by atoms with Gasteiger partial charge in [0.2, 0.25) is 12.3 Å². The maximum Gasteiger partial charge on any atom is 0.239 e. The molecule has 2 aromatic carbocycles. The molecule has 31 heavy (non-hydrogen) atoms. The summed E-state index contributed by atoms with van der Waals surface area (Å²) in [6.07, 6.45) is 4.08. The van der Waals surface area contributed by atoms with Gasteiger partial charge in [0.1, 0.15) is 0 Å². The summed E-state index contributed by atoms with van der Waals surface area (Å²) in [6, 6.07) is 20.6. The maximum atomic E-state index is 13.5. The van der Waals surface area contributed by atoms with Gasteiger partial charge in [0, 0.05) is 31.6 Å². The smallest absolute Gasteiger partial charge is 0.239 e. The quantitative estimate of drug-likeness (QED) is 0.383. The second-order valence-electron chi connectivity index (χ2n) is 8.17. The lowest BCUT2D eigenvalue weighted by Gasteiger charge is -2.29. The fraction of sp³-hybridized carbons (Fsp3) is 0.440. The highest BCUT2D eigenvalue weighted by molar-refractivity contribution is 5.82. The summed E-state index contributed by atoms with van der Waals surface area (Å²) in [4.78, 5) is 26.3. The minimum atomic E-state index is -0.250. The average molecular weight is 423 g/mol. The number of hydrogen-bond acceptors (Lipinski definition) is 4. The Hall–Kier alpha value is -2.70. The number of benzene rings is 2. The molecule has 6 nitrogen and oxygen atoms in total. The van der Waals surface area contributed by atoms with E-state index in [-0.39, 0.29) is 23.9 Å². The van der Waals surface area contributed by atoms with Crippen molar-refractivity contribution in [1.82, 2.24) is 15.5 Å². The number of nitrogens with one attached hydrogen (secondary N) is 2. The van der Waals surface area contributed by atoms with Gasteiger partial charge in [-0.05, 0) is 36.9 Å². The number of unbranched alkanes of at least 4 members (excludes halogenated alkanes) is 1. The molecule has 2 amide bonds. The summed E-state index contributed by atoms with van der Waals surface area (Å²) in [5, 5.41) is 6.25. The second kappa shape index (κ2) is 12.2. The molecular weight excluding hydrogens is 388 g/mol. The molecule has 2 unspecified atom stereocenters. The molecule has 4 N–H and O–H groups in total. The standard InChI is InChI=1S/C25H34N4O2/c26-15-8-7-13-24-25(31)29(16-14-22(28-24)17-27-19-30)18-23(20-9-3-1-4-10-20)21-11-5-2-6-12-21/h1-6,9-12,19,22-24,28H,7-8,13-18,26H2,(H,27,30). The van der Waals surface area contributed by atoms with Crippen LogP contribution in [0.25, 0.3) is 0 Å². The van der Waals surface area contributed by atoms with Gasteiger partial charge in [-0.25, -0.2) is 0 Å². The Kier molecular flexibility index (Phi) is 9.06. The van der Waals surface area contributed by atoms with Crippen LogP contribution in [-0.2, 0) is 9.59 Å². The number of rotatable bonds is 11. The Morgan fingerprint density at radius 3 is 2.29 bits per heavy atom. The van der Waals surface area contributed by atoms with Crippen LogP contribution in [0, 0.1) is 0 Å². The number of nitrogens with zero attached hydrogens (tertiary/aromatic N) is 1. The highest BCUT2D eigenvalue weighted by atomic mass is 16.2. The zero-order valence-electron chi connectivity index (χ0n) is 18.1. The van der Waals surface area contributed by atoms with Gasteiger partial charge in [0.05, 0.1) is 6.04 Å². The molecule has 0 radical (unpaired) electrons. The highest BCUT2D eigenvalue weighted by Gasteiger charge is 2.32. The second-order valence-corrected chi connectivity index (χ2v) is 8.17. The summed E-state index contributed by atoms with van der Waals surface area (Å²) in [5.41, 5.74) is 8.07. The molecule has 0 spiro atoms. The molecule has 2 aromatic rings. The average Bonchev–Trinajstić information content (AvgIpc) is 2.96. The van der Waals surface area contributed by atoms with E-state index in [1.807, 2.05) is 41.3 Å². The monoisotopic (exact) mass is 422 g/mol. The van der Waals surface area contributed by atoms with Crippen molar-refractivity contribution in [2.24, 2.45) is 5.73 Å². The Morgan fingerprint density at radius 1 is 1.06 bits per heavy atom. The van der Waals surface area contributed by atoms with Gasteiger partial charge >= 0.3 is 0 Å². The van der Waals surface area contributed by atoms with Crippen LogP contribution in [0.2, 0.25) is 0 Å². The van der Waals surface area contributed by atoms with Gasteiger partial charge in [-0.2, -0.15) is 0 Å². The molecule has 0 saturated carbocycles. The van der Waals surface area contributed by atoms with Gasteiger partial charge in [-0.1, -0.05) is 67.1 Å². The van der Waals surface area contributed by atoms with E-state index in [0.717, 1.165) is 32.1 Å². The predicted molar refractivity (Wildman–Crippen MR) is 124 cm³/mol. The zero-order chi connectivity index (χ0) is 21.9. The van der Waals surface area contributed by atoms with E-state index in [9.17, 15) is 9.59 Å². The lowest BCUT2D eigenvalue weighted by molar-refractivity contribution is -0.133. The molecule has 0 aliphatic carbocycles. The van der Waals surface area contributed by atoms with Crippen molar-refractivity contribution in [2.45, 2.75) is 43.7 Å². The zero-order valence-corrected chi connectivity index (χ0v) is 18.1. The van der Waals surface area contributed by atoms with Gasteiger partial charge < -0.3 is 21.3 Å². The van der Waals surface area contributed by atoms with Crippen LogP contribution in [-0.4, -0.2) is 55.5 Å². The maximum absolute atomic E-state index is 13.5. The fourth-order valence-corrected chi connectivity index (χ4v) is 4.31. The molecule has 2 atom stereocenters. The Balaban J connectivity index is 1.81. The molecule has 1 fully saturated rings. The summed E-state index contributed by atoms with van der Waals surface area (Å²) >= 11 is 0. The first kappa shape index (κ1) is 23.0. The lowest BCUT2D eigenvalue weighted by Crippen LogP contribution is -2.48. The highest BCUT2D eigenvalue weighted by Crippen LogP contribution is 2.27. The van der Waals surface area contributed by atoms with Gasteiger partial charge in [-0.3, -0.25) is 9.59 Å². The van der Waals surface area contributed by atoms with Crippen molar-refractivity contribution < 1.29 is 9.59 Å². The van der Waals surface area contributed by atoms with Crippen LogP contribution in [0.15, 0.2) is 60.7 Å². The van der Waals surface area contributed by atoms with Crippen molar-refractivity contribution in [3.05, 3.63) is 71.8 Å². The summed E-state index contributed by atoms with van der Waals surface area (Å²) in [6.45, 7) is 2.46. The van der Waals surface area contributed by atoms with Crippen molar-refractivity contribution in [3.8, 4) is 0 Å². The van der Waals surface area contributed by atoms with Crippen molar-refractivity contribution >= 4 is 12.3 Å². The lowest BCUT2D eigenvalue weighted by atomic mass is 9.90. The summed E-state index contributed by atoms with van der Waals surface area (Å²) < 4.78 is 0. The van der Waals surface area contributed by atoms with Crippen LogP contribution in [0.5, 0.6) is 0 Å². The number of amides is 2. The summed E-state index contributed by atoms with van der Waals surface area (Å²) in [7, 11) is 0. The largest absolute Gasteiger partial charge is 0.357 e. The fourth-order valence-electron chi connectivity index (χ4n) is 4.31. The van der Waals surface area contributed by atoms with E-state index in [0.29, 0.717) is 26.2 Å². The molecule has 166 valence electrons. The normalized spacial score (nSPS) is 19.3. The molecular formula is C25H34N4O2. The molecule has 1 heterocycles. The van der Waals surface area contributed by atoms with Crippen LogP contribution in [0.3, 0.4) is 0 Å². The van der Waals surface area contributed by atoms with Crippen LogP contribution >= 0.6 is 0 Å². The van der Waals surface area contributed by atoms with Gasteiger partial charge in [0.15, 0.2) is 0 Å². The molecule has 1 aliphatic heterocycles. The van der Waals surface area contributed by atoms with Crippen molar-refractivity contribution in [3.63, 3.8) is 0 Å². The molecule has 3 rings (SSSR count).